The first-order valence-corrected chi connectivity index (χ1v) is 9.90. The van der Waals surface area contributed by atoms with Crippen LogP contribution in [0.3, 0.4) is 0 Å². The van der Waals surface area contributed by atoms with Crippen molar-refractivity contribution in [3.63, 3.8) is 0 Å². The van der Waals surface area contributed by atoms with Crippen LogP contribution in [-0.4, -0.2) is 40.3 Å². The average molecular weight is 358 g/mol. The van der Waals surface area contributed by atoms with Crippen molar-refractivity contribution >= 4 is 17.2 Å². The van der Waals surface area contributed by atoms with Gasteiger partial charge < -0.3 is 4.90 Å². The maximum atomic E-state index is 12.7. The lowest BCUT2D eigenvalue weighted by Gasteiger charge is -2.28. The van der Waals surface area contributed by atoms with Gasteiger partial charge in [-0.3, -0.25) is 14.7 Å². The van der Waals surface area contributed by atoms with Gasteiger partial charge in [-0.1, -0.05) is 13.0 Å². The van der Waals surface area contributed by atoms with Gasteiger partial charge in [0.05, 0.1) is 11.3 Å². The molecule has 0 bridgehead atoms. The summed E-state index contributed by atoms with van der Waals surface area (Å²) in [5.41, 5.74) is 4.56. The van der Waals surface area contributed by atoms with Crippen LogP contribution in [0.25, 0.3) is 0 Å². The number of thiophene rings is 1. The highest BCUT2D eigenvalue weighted by atomic mass is 32.1. The van der Waals surface area contributed by atoms with Crippen molar-refractivity contribution in [1.29, 1.82) is 0 Å². The molecule has 0 N–H and O–H groups in total. The average Bonchev–Trinajstić information content (AvgIpc) is 3.04. The largest absolute Gasteiger partial charge is 0.339 e. The summed E-state index contributed by atoms with van der Waals surface area (Å²) in [5, 5.41) is 2.05. The Balaban J connectivity index is 1.69. The number of carbonyl (C=O) groups excluding carboxylic acids is 1. The topological polar surface area (TPSA) is 36.4 Å². The van der Waals surface area contributed by atoms with E-state index in [2.05, 4.69) is 42.8 Å². The number of fused-ring (bicyclic) bond motifs is 1. The van der Waals surface area contributed by atoms with Crippen molar-refractivity contribution in [1.82, 2.24) is 14.8 Å². The second-order valence-corrected chi connectivity index (χ2v) is 8.00. The van der Waals surface area contributed by atoms with E-state index in [1.165, 1.54) is 16.0 Å². The minimum absolute atomic E-state index is 0.151. The molecule has 1 aliphatic rings. The molecule has 2 aromatic rings. The number of hydrogen-bond acceptors (Lipinski definition) is 4. The van der Waals surface area contributed by atoms with Crippen LogP contribution >= 0.6 is 11.3 Å². The first-order valence-electron chi connectivity index (χ1n) is 9.02. The number of hydrogen-bond donors (Lipinski definition) is 0. The molecule has 0 saturated carbocycles. The van der Waals surface area contributed by atoms with E-state index in [1.807, 2.05) is 23.5 Å². The Bertz CT molecular complexity index is 736. The molecule has 134 valence electrons. The molecule has 0 unspecified atom stereocenters. The van der Waals surface area contributed by atoms with Crippen LogP contribution in [0.1, 0.15) is 52.8 Å². The van der Waals surface area contributed by atoms with E-state index in [4.69, 9.17) is 0 Å². The van der Waals surface area contributed by atoms with Crippen LogP contribution in [0.4, 0.5) is 0 Å². The van der Waals surface area contributed by atoms with E-state index in [9.17, 15) is 4.79 Å². The molecule has 3 rings (SSSR count). The fourth-order valence-corrected chi connectivity index (χ4v) is 4.22. The normalized spacial score (nSPS) is 14.6. The molecule has 2 aromatic heterocycles. The summed E-state index contributed by atoms with van der Waals surface area (Å²) in [4.78, 5) is 22.8. The number of carbonyl (C=O) groups is 1. The quantitative estimate of drug-likeness (QED) is 0.818. The van der Waals surface area contributed by atoms with Gasteiger partial charge in [-0.25, -0.2) is 0 Å². The summed E-state index contributed by atoms with van der Waals surface area (Å²) >= 11 is 1.72. The fraction of sp³-hybridized carbons (Fsp3) is 0.500. The zero-order valence-corrected chi connectivity index (χ0v) is 16.4. The van der Waals surface area contributed by atoms with E-state index in [-0.39, 0.29) is 11.9 Å². The number of aryl methyl sites for hydroxylation is 1. The van der Waals surface area contributed by atoms with Gasteiger partial charge in [-0.05, 0) is 43.9 Å². The smallest absolute Gasteiger partial charge is 0.254 e. The van der Waals surface area contributed by atoms with Crippen molar-refractivity contribution < 1.29 is 4.79 Å². The Morgan fingerprint density at radius 1 is 1.40 bits per heavy atom. The molecular formula is C20H27N3OS. The molecule has 1 amide bonds. The van der Waals surface area contributed by atoms with Crippen molar-refractivity contribution in [2.75, 3.05) is 13.6 Å². The van der Waals surface area contributed by atoms with Crippen molar-refractivity contribution in [3.05, 3.63) is 51.0 Å². The molecule has 0 aliphatic carbocycles. The SMILES string of the molecule is CCc1ccc(CN2CCc3c(C(=O)N(C)C(C)C)csc3C2)nc1. The number of nitrogens with zero attached hydrogens (tertiary/aromatic N) is 3. The van der Waals surface area contributed by atoms with Crippen LogP contribution in [0.5, 0.6) is 0 Å². The third-order valence-electron chi connectivity index (χ3n) is 5.03. The van der Waals surface area contributed by atoms with E-state index < -0.39 is 0 Å². The van der Waals surface area contributed by atoms with Gasteiger partial charge in [0.2, 0.25) is 0 Å². The predicted molar refractivity (Wildman–Crippen MR) is 103 cm³/mol. The lowest BCUT2D eigenvalue weighted by atomic mass is 10.0. The predicted octanol–water partition coefficient (Wildman–Crippen LogP) is 3.74. The molecular weight excluding hydrogens is 330 g/mol. The lowest BCUT2D eigenvalue weighted by molar-refractivity contribution is 0.0753. The van der Waals surface area contributed by atoms with Gasteiger partial charge in [-0.15, -0.1) is 11.3 Å². The Morgan fingerprint density at radius 2 is 2.20 bits per heavy atom. The third-order valence-corrected chi connectivity index (χ3v) is 6.04. The summed E-state index contributed by atoms with van der Waals surface area (Å²) in [5.74, 6) is 0.151. The lowest BCUT2D eigenvalue weighted by Crippen LogP contribution is -2.34. The zero-order chi connectivity index (χ0) is 18.0. The van der Waals surface area contributed by atoms with Gasteiger partial charge in [0, 0.05) is 49.2 Å². The van der Waals surface area contributed by atoms with Gasteiger partial charge in [0.1, 0.15) is 0 Å². The maximum Gasteiger partial charge on any atom is 0.254 e. The van der Waals surface area contributed by atoms with Crippen molar-refractivity contribution in [3.8, 4) is 0 Å². The zero-order valence-electron chi connectivity index (χ0n) is 15.6. The molecule has 0 atom stereocenters. The van der Waals surface area contributed by atoms with E-state index in [1.54, 1.807) is 11.3 Å². The maximum absolute atomic E-state index is 12.7. The highest BCUT2D eigenvalue weighted by Crippen LogP contribution is 2.30. The molecule has 25 heavy (non-hydrogen) atoms. The Morgan fingerprint density at radius 3 is 2.84 bits per heavy atom. The van der Waals surface area contributed by atoms with Gasteiger partial charge in [0.15, 0.2) is 0 Å². The summed E-state index contributed by atoms with van der Waals surface area (Å²) in [6.07, 6.45) is 3.95. The summed E-state index contributed by atoms with van der Waals surface area (Å²) < 4.78 is 0. The second-order valence-electron chi connectivity index (χ2n) is 7.03. The molecule has 5 heteroatoms. The van der Waals surface area contributed by atoms with Crippen LogP contribution in [0, 0.1) is 0 Å². The van der Waals surface area contributed by atoms with Gasteiger partial charge in [-0.2, -0.15) is 0 Å². The Kier molecular flexibility index (Phi) is 5.54. The summed E-state index contributed by atoms with van der Waals surface area (Å²) in [6.45, 7) is 9.01. The standard InChI is InChI=1S/C20H27N3OS/c1-5-15-6-7-16(21-10-15)11-23-9-8-17-18(13-25-19(17)12-23)20(24)22(4)14(2)3/h6-7,10,13-14H,5,8-9,11-12H2,1-4H3. The number of rotatable bonds is 5. The van der Waals surface area contributed by atoms with Crippen molar-refractivity contribution in [2.24, 2.45) is 0 Å². The van der Waals surface area contributed by atoms with Crippen LogP contribution < -0.4 is 0 Å². The third kappa shape index (κ3) is 3.93. The van der Waals surface area contributed by atoms with Crippen molar-refractivity contribution in [2.45, 2.75) is 52.7 Å². The first-order chi connectivity index (χ1) is 12.0. The molecule has 0 aromatic carbocycles. The molecule has 0 radical (unpaired) electrons. The molecule has 0 spiro atoms. The minimum Gasteiger partial charge on any atom is -0.339 e. The number of aromatic nitrogens is 1. The van der Waals surface area contributed by atoms with Gasteiger partial charge >= 0.3 is 0 Å². The van der Waals surface area contributed by atoms with Crippen LogP contribution in [0.2, 0.25) is 0 Å². The number of pyridine rings is 1. The first kappa shape index (κ1) is 18.1. The molecule has 1 aliphatic heterocycles. The molecule has 4 nitrogen and oxygen atoms in total. The van der Waals surface area contributed by atoms with Gasteiger partial charge in [0.25, 0.3) is 5.91 Å². The summed E-state index contributed by atoms with van der Waals surface area (Å²) in [7, 11) is 1.89. The Hall–Kier alpha value is -1.72. The molecule has 0 saturated heterocycles. The highest BCUT2D eigenvalue weighted by molar-refractivity contribution is 7.10. The van der Waals surface area contributed by atoms with Crippen LogP contribution in [-0.2, 0) is 25.9 Å². The fourth-order valence-electron chi connectivity index (χ4n) is 3.11. The van der Waals surface area contributed by atoms with Crippen LogP contribution in [0.15, 0.2) is 23.7 Å². The minimum atomic E-state index is 0.151. The highest BCUT2D eigenvalue weighted by Gasteiger charge is 2.26. The monoisotopic (exact) mass is 357 g/mol. The van der Waals surface area contributed by atoms with E-state index >= 15 is 0 Å². The van der Waals surface area contributed by atoms with E-state index in [0.29, 0.717) is 0 Å². The Labute approximate surface area is 154 Å². The molecule has 3 heterocycles. The van der Waals surface area contributed by atoms with E-state index in [0.717, 1.165) is 43.7 Å². The molecule has 0 fully saturated rings. The summed E-state index contributed by atoms with van der Waals surface area (Å²) in [6, 6.07) is 4.52. The second kappa shape index (κ2) is 7.67. The number of amides is 1.